The number of rotatable bonds is 6. The lowest BCUT2D eigenvalue weighted by atomic mass is 10.1. The molecule has 0 saturated carbocycles. The van der Waals surface area contributed by atoms with Crippen molar-refractivity contribution in [3.8, 4) is 5.88 Å². The summed E-state index contributed by atoms with van der Waals surface area (Å²) in [7, 11) is 0. The number of nitrogens with zero attached hydrogens (tertiary/aromatic N) is 1. The second kappa shape index (κ2) is 7.54. The van der Waals surface area contributed by atoms with E-state index < -0.39 is 5.82 Å². The van der Waals surface area contributed by atoms with Crippen LogP contribution in [0.1, 0.15) is 34.8 Å². The highest BCUT2D eigenvalue weighted by atomic mass is 19.1. The zero-order valence-corrected chi connectivity index (χ0v) is 12.7. The first kappa shape index (κ1) is 15.9. The number of hydrogen-bond acceptors (Lipinski definition) is 3. The number of benzene rings is 1. The molecule has 1 N–H and O–H groups in total. The molecule has 0 spiro atoms. The number of halogens is 1. The van der Waals surface area contributed by atoms with Gasteiger partial charge in [-0.15, -0.1) is 0 Å². The van der Waals surface area contributed by atoms with E-state index >= 15 is 0 Å². The molecule has 4 nitrogen and oxygen atoms in total. The molecular formula is C17H19FN2O2. The molecule has 1 aromatic carbocycles. The lowest BCUT2D eigenvalue weighted by Gasteiger charge is -2.11. The first-order valence-electron chi connectivity index (χ1n) is 7.23. The van der Waals surface area contributed by atoms with E-state index in [-0.39, 0.29) is 12.5 Å². The monoisotopic (exact) mass is 302 g/mol. The van der Waals surface area contributed by atoms with Crippen molar-refractivity contribution in [1.29, 1.82) is 0 Å². The Labute approximate surface area is 129 Å². The van der Waals surface area contributed by atoms with Crippen LogP contribution in [-0.2, 0) is 6.54 Å². The van der Waals surface area contributed by atoms with Crippen molar-refractivity contribution in [2.45, 2.75) is 26.8 Å². The zero-order valence-electron chi connectivity index (χ0n) is 12.7. The topological polar surface area (TPSA) is 51.2 Å². The lowest BCUT2D eigenvalue weighted by Crippen LogP contribution is -2.24. The normalized spacial score (nSPS) is 10.3. The van der Waals surface area contributed by atoms with Gasteiger partial charge in [0.25, 0.3) is 5.91 Å². The number of pyridine rings is 1. The molecule has 0 aliphatic carbocycles. The summed E-state index contributed by atoms with van der Waals surface area (Å²) >= 11 is 0. The molecule has 1 amide bonds. The minimum absolute atomic E-state index is 0.279. The summed E-state index contributed by atoms with van der Waals surface area (Å²) in [5.74, 6) is -0.230. The number of amides is 1. The van der Waals surface area contributed by atoms with Gasteiger partial charge in [-0.2, -0.15) is 0 Å². The van der Waals surface area contributed by atoms with Gasteiger partial charge in [0.05, 0.1) is 6.61 Å². The van der Waals surface area contributed by atoms with Crippen LogP contribution in [0.3, 0.4) is 0 Å². The summed E-state index contributed by atoms with van der Waals surface area (Å²) in [6, 6.07) is 7.79. The van der Waals surface area contributed by atoms with Crippen LogP contribution in [-0.4, -0.2) is 17.5 Å². The third-order valence-electron chi connectivity index (χ3n) is 3.18. The number of aryl methyl sites for hydroxylation is 1. The van der Waals surface area contributed by atoms with Gasteiger partial charge in [-0.3, -0.25) is 4.79 Å². The Morgan fingerprint density at radius 3 is 2.95 bits per heavy atom. The third-order valence-corrected chi connectivity index (χ3v) is 3.18. The molecule has 0 fully saturated rings. The van der Waals surface area contributed by atoms with Crippen molar-refractivity contribution < 1.29 is 13.9 Å². The molecule has 1 heterocycles. The Morgan fingerprint density at radius 1 is 1.36 bits per heavy atom. The summed E-state index contributed by atoms with van der Waals surface area (Å²) in [6.07, 6.45) is 2.53. The largest absolute Gasteiger partial charge is 0.477 e. The molecule has 2 aromatic rings. The molecular weight excluding hydrogens is 283 g/mol. The van der Waals surface area contributed by atoms with Crippen LogP contribution in [0.2, 0.25) is 0 Å². The summed E-state index contributed by atoms with van der Waals surface area (Å²) in [6.45, 7) is 4.63. The summed E-state index contributed by atoms with van der Waals surface area (Å²) in [4.78, 5) is 16.3. The number of aromatic nitrogens is 1. The second-order valence-corrected chi connectivity index (χ2v) is 4.96. The van der Waals surface area contributed by atoms with Crippen LogP contribution in [0.15, 0.2) is 36.5 Å². The van der Waals surface area contributed by atoms with Gasteiger partial charge in [-0.1, -0.05) is 19.1 Å². The van der Waals surface area contributed by atoms with Gasteiger partial charge in [-0.05, 0) is 37.1 Å². The average molecular weight is 302 g/mol. The van der Waals surface area contributed by atoms with E-state index in [1.54, 1.807) is 25.3 Å². The van der Waals surface area contributed by atoms with Crippen LogP contribution in [0.25, 0.3) is 0 Å². The van der Waals surface area contributed by atoms with E-state index in [1.165, 1.54) is 12.1 Å². The van der Waals surface area contributed by atoms with Crippen molar-refractivity contribution in [2.24, 2.45) is 0 Å². The van der Waals surface area contributed by atoms with Crippen LogP contribution >= 0.6 is 0 Å². The maximum absolute atomic E-state index is 13.3. The smallest absolute Gasteiger partial charge is 0.251 e. The molecule has 0 aliphatic heterocycles. The fourth-order valence-electron chi connectivity index (χ4n) is 2.00. The van der Waals surface area contributed by atoms with E-state index in [9.17, 15) is 9.18 Å². The number of hydrogen-bond donors (Lipinski definition) is 1. The third kappa shape index (κ3) is 4.04. The second-order valence-electron chi connectivity index (χ2n) is 4.96. The van der Waals surface area contributed by atoms with Gasteiger partial charge in [0.15, 0.2) is 0 Å². The average Bonchev–Trinajstić information content (AvgIpc) is 2.53. The molecule has 0 atom stereocenters. The van der Waals surface area contributed by atoms with E-state index in [0.717, 1.165) is 17.5 Å². The molecule has 0 bridgehead atoms. The van der Waals surface area contributed by atoms with Crippen LogP contribution < -0.4 is 10.1 Å². The van der Waals surface area contributed by atoms with Gasteiger partial charge in [-0.25, -0.2) is 9.37 Å². The standard InChI is InChI=1S/C17H19FN2O2/c1-3-9-22-17-13(5-4-8-19-17)11-20-16(21)15-10-14(18)7-6-12(15)2/h4-8,10H,3,9,11H2,1-2H3,(H,20,21). The molecule has 5 heteroatoms. The van der Waals surface area contributed by atoms with Gasteiger partial charge in [0.1, 0.15) is 5.82 Å². The van der Waals surface area contributed by atoms with Gasteiger partial charge in [0, 0.05) is 23.9 Å². The minimum Gasteiger partial charge on any atom is -0.477 e. The Balaban J connectivity index is 2.06. The maximum atomic E-state index is 13.3. The summed E-state index contributed by atoms with van der Waals surface area (Å²) < 4.78 is 18.8. The molecule has 116 valence electrons. The van der Waals surface area contributed by atoms with Gasteiger partial charge < -0.3 is 10.1 Å². The van der Waals surface area contributed by atoms with Gasteiger partial charge in [0.2, 0.25) is 5.88 Å². The lowest BCUT2D eigenvalue weighted by molar-refractivity contribution is 0.0949. The first-order chi connectivity index (χ1) is 10.6. The Bertz CT molecular complexity index is 659. The fourth-order valence-corrected chi connectivity index (χ4v) is 2.00. The fraction of sp³-hybridized carbons (Fsp3) is 0.294. The van der Waals surface area contributed by atoms with Crippen molar-refractivity contribution >= 4 is 5.91 Å². The van der Waals surface area contributed by atoms with E-state index in [0.29, 0.717) is 18.1 Å². The van der Waals surface area contributed by atoms with Crippen molar-refractivity contribution in [1.82, 2.24) is 10.3 Å². The van der Waals surface area contributed by atoms with Crippen LogP contribution in [0.4, 0.5) is 4.39 Å². The molecule has 22 heavy (non-hydrogen) atoms. The van der Waals surface area contributed by atoms with E-state index in [4.69, 9.17) is 4.74 Å². The van der Waals surface area contributed by atoms with Crippen LogP contribution in [0.5, 0.6) is 5.88 Å². The Morgan fingerprint density at radius 2 is 2.18 bits per heavy atom. The first-order valence-corrected chi connectivity index (χ1v) is 7.23. The highest BCUT2D eigenvalue weighted by Crippen LogP contribution is 2.15. The summed E-state index contributed by atoms with van der Waals surface area (Å²) in [5, 5.41) is 2.77. The maximum Gasteiger partial charge on any atom is 0.251 e. The number of ether oxygens (including phenoxy) is 1. The molecule has 0 saturated heterocycles. The number of nitrogens with one attached hydrogen (secondary N) is 1. The molecule has 1 aromatic heterocycles. The Hall–Kier alpha value is -2.43. The predicted octanol–water partition coefficient (Wildman–Crippen LogP) is 3.25. The van der Waals surface area contributed by atoms with Gasteiger partial charge >= 0.3 is 0 Å². The van der Waals surface area contributed by atoms with Crippen molar-refractivity contribution in [2.75, 3.05) is 6.61 Å². The molecule has 0 radical (unpaired) electrons. The van der Waals surface area contributed by atoms with Crippen molar-refractivity contribution in [3.05, 3.63) is 59.0 Å². The molecule has 2 rings (SSSR count). The predicted molar refractivity (Wildman–Crippen MR) is 82.3 cm³/mol. The summed E-state index contributed by atoms with van der Waals surface area (Å²) in [5.41, 5.74) is 1.85. The Kier molecular flexibility index (Phi) is 5.47. The number of carbonyl (C=O) groups is 1. The SMILES string of the molecule is CCCOc1ncccc1CNC(=O)c1cc(F)ccc1C. The van der Waals surface area contributed by atoms with Crippen molar-refractivity contribution in [3.63, 3.8) is 0 Å². The highest BCUT2D eigenvalue weighted by Gasteiger charge is 2.11. The van der Waals surface area contributed by atoms with Crippen LogP contribution in [0, 0.1) is 12.7 Å². The quantitative estimate of drug-likeness (QED) is 0.891. The zero-order chi connectivity index (χ0) is 15.9. The minimum atomic E-state index is -0.427. The van der Waals surface area contributed by atoms with E-state index in [2.05, 4.69) is 10.3 Å². The van der Waals surface area contributed by atoms with E-state index in [1.807, 2.05) is 13.0 Å². The number of carbonyl (C=O) groups excluding carboxylic acids is 1. The molecule has 0 aliphatic rings. The molecule has 0 unspecified atom stereocenters. The highest BCUT2D eigenvalue weighted by molar-refractivity contribution is 5.95.